The molecule has 15 rings (SSSR count). The fourth-order valence-electron chi connectivity index (χ4n) is 18.3. The van der Waals surface area contributed by atoms with Gasteiger partial charge in [-0.15, -0.1) is 0 Å². The summed E-state index contributed by atoms with van der Waals surface area (Å²) in [7, 11) is 0. The van der Waals surface area contributed by atoms with Gasteiger partial charge in [-0.1, -0.05) is 236 Å². The lowest BCUT2D eigenvalue weighted by atomic mass is 9.32. The average Bonchev–Trinajstić information content (AvgIpc) is 1.41. The molecule has 474 valence electrons. The number of nitrogens with zero attached hydrogens (tertiary/aromatic N) is 3. The maximum atomic E-state index is 2.80. The molecule has 2 aliphatic heterocycles. The summed E-state index contributed by atoms with van der Waals surface area (Å²) in [5, 5.41) is 0. The molecule has 0 saturated carbocycles. The molecule has 0 fully saturated rings. The summed E-state index contributed by atoms with van der Waals surface area (Å²) < 4.78 is 0. The van der Waals surface area contributed by atoms with Crippen LogP contribution in [-0.4, -0.2) is 6.71 Å². The summed E-state index contributed by atoms with van der Waals surface area (Å²) in [5.41, 5.74) is 36.6. The Morgan fingerprint density at radius 2 is 0.677 bits per heavy atom. The van der Waals surface area contributed by atoms with Gasteiger partial charge in [0.2, 0.25) is 0 Å². The van der Waals surface area contributed by atoms with E-state index in [1.165, 1.54) is 140 Å². The van der Waals surface area contributed by atoms with Crippen LogP contribution in [-0.2, 0) is 48.7 Å². The molecule has 0 amide bonds. The monoisotopic (exact) mass is 1220 g/mol. The molecule has 9 aromatic rings. The van der Waals surface area contributed by atoms with E-state index in [4.69, 9.17) is 0 Å². The van der Waals surface area contributed by atoms with Crippen LogP contribution < -0.4 is 31.1 Å². The SMILES string of the molecule is Cc1cc2c(cc1N1c3cc4c(cc3B3c5cc6c(cc5N(c5cc7c(cc5C)C(C)(C)CCC7(C)C)c5cc(N(c7ccc(C(C)(C)C)cc7)c7ccc(C(C)(C)C)cc7)cc1c53)C(C)(C)c1ccccc1C6(C)C)C(C)(C)c1ccccc1-4)C(C)(C)CCC2(C)C. The molecule has 4 heteroatoms. The molecule has 0 atom stereocenters. The van der Waals surface area contributed by atoms with Crippen molar-refractivity contribution in [3.05, 3.63) is 236 Å². The second-order valence-electron chi connectivity index (χ2n) is 35.7. The molecule has 3 nitrogen and oxygen atoms in total. The van der Waals surface area contributed by atoms with Crippen LogP contribution in [0.3, 0.4) is 0 Å². The zero-order valence-electron chi connectivity index (χ0n) is 60.3. The Morgan fingerprint density at radius 1 is 0.323 bits per heavy atom. The second-order valence-corrected chi connectivity index (χ2v) is 35.7. The van der Waals surface area contributed by atoms with E-state index < -0.39 is 0 Å². The van der Waals surface area contributed by atoms with E-state index in [2.05, 4.69) is 325 Å². The van der Waals surface area contributed by atoms with Crippen LogP contribution in [0.2, 0.25) is 0 Å². The van der Waals surface area contributed by atoms with Crippen molar-refractivity contribution in [2.24, 2.45) is 0 Å². The summed E-state index contributed by atoms with van der Waals surface area (Å²) in [5.74, 6) is 0. The summed E-state index contributed by atoms with van der Waals surface area (Å²) in [6, 6.07) is 64.3. The highest BCUT2D eigenvalue weighted by molar-refractivity contribution is 7.00. The number of aryl methyl sites for hydroxylation is 2. The van der Waals surface area contributed by atoms with Gasteiger partial charge in [0.05, 0.1) is 5.69 Å². The minimum absolute atomic E-state index is 0.0154. The van der Waals surface area contributed by atoms with Crippen molar-refractivity contribution in [2.45, 2.75) is 227 Å². The van der Waals surface area contributed by atoms with Crippen molar-refractivity contribution in [1.82, 2.24) is 0 Å². The molecule has 0 radical (unpaired) electrons. The summed E-state index contributed by atoms with van der Waals surface area (Å²) in [6.45, 7) is 53.6. The maximum absolute atomic E-state index is 2.80. The number of benzene rings is 9. The van der Waals surface area contributed by atoms with Crippen LogP contribution in [0, 0.1) is 13.8 Å². The topological polar surface area (TPSA) is 9.72 Å². The van der Waals surface area contributed by atoms with Gasteiger partial charge in [0.15, 0.2) is 0 Å². The van der Waals surface area contributed by atoms with Crippen LogP contribution >= 0.6 is 0 Å². The molecule has 0 N–H and O–H groups in total. The predicted octanol–water partition coefficient (Wildman–Crippen LogP) is 22.4. The highest BCUT2D eigenvalue weighted by Crippen LogP contribution is 2.59. The molecular formula is C89H100BN3. The standard InChI is InChI=1S/C89H100BN3/c1-53-43-66-68(85(13,14)41-39-83(66,9)10)50-74(53)92-76-47-61-60-27-23-24-28-62(60)87(17,18)65(61)48-72(76)90-73-49-70-71(89(21,22)64-30-26-25-29-63(64)88(70,19)20)52-77(73)93(75-51-69-67(44-54(75)2)84(11,12)40-42-86(69,15)16)79-46-59(45-78(92)80(79)90)91(57-35-31-55(32-36-57)81(3,4)5)58-37-33-56(34-38-58)82(6,7)8/h23-38,43-52H,39-42H2,1-22H3. The van der Waals surface area contributed by atoms with Gasteiger partial charge in [0.1, 0.15) is 0 Å². The molecule has 0 unspecified atom stereocenters. The Labute approximate surface area is 559 Å². The summed E-state index contributed by atoms with van der Waals surface area (Å²) in [6.07, 6.45) is 4.60. The number of rotatable bonds is 5. The van der Waals surface area contributed by atoms with Crippen molar-refractivity contribution < 1.29 is 0 Å². The highest BCUT2D eigenvalue weighted by atomic mass is 15.2. The molecule has 0 spiro atoms. The normalized spacial score (nSPS) is 19.0. The lowest BCUT2D eigenvalue weighted by Crippen LogP contribution is -2.62. The van der Waals surface area contributed by atoms with Crippen LogP contribution in [0.25, 0.3) is 11.1 Å². The Morgan fingerprint density at radius 3 is 1.11 bits per heavy atom. The zero-order chi connectivity index (χ0) is 66.2. The number of fused-ring (bicyclic) bond motifs is 11. The van der Waals surface area contributed by atoms with Gasteiger partial charge in [0, 0.05) is 61.7 Å². The third-order valence-electron chi connectivity index (χ3n) is 24.6. The van der Waals surface area contributed by atoms with Gasteiger partial charge in [-0.05, 0) is 238 Å². The van der Waals surface area contributed by atoms with Crippen LogP contribution in [0.1, 0.15) is 242 Å². The number of hydrogen-bond donors (Lipinski definition) is 0. The Hall–Kier alpha value is -7.56. The molecule has 4 aliphatic carbocycles. The number of anilines is 9. The fourth-order valence-corrected chi connectivity index (χ4v) is 18.3. The van der Waals surface area contributed by atoms with Gasteiger partial charge >= 0.3 is 0 Å². The van der Waals surface area contributed by atoms with E-state index in [0.717, 1.165) is 42.7 Å². The average molecular weight is 1220 g/mol. The quantitative estimate of drug-likeness (QED) is 0.159. The smallest absolute Gasteiger partial charge is 0.252 e. The van der Waals surface area contributed by atoms with E-state index in [-0.39, 0.29) is 55.4 Å². The highest BCUT2D eigenvalue weighted by Gasteiger charge is 2.51. The first kappa shape index (κ1) is 61.6. The Bertz CT molecular complexity index is 4580. The van der Waals surface area contributed by atoms with Crippen molar-refractivity contribution in [2.75, 3.05) is 14.7 Å². The third kappa shape index (κ3) is 9.01. The maximum Gasteiger partial charge on any atom is 0.252 e. The van der Waals surface area contributed by atoms with Gasteiger partial charge in [-0.2, -0.15) is 0 Å². The first-order valence-corrected chi connectivity index (χ1v) is 35.1. The molecule has 0 aromatic heterocycles. The van der Waals surface area contributed by atoms with E-state index in [0.29, 0.717) is 0 Å². The molecule has 0 bridgehead atoms. The fraction of sp³-hybridized carbons (Fsp3) is 0.393. The molecule has 93 heavy (non-hydrogen) atoms. The van der Waals surface area contributed by atoms with Crippen molar-refractivity contribution in [1.29, 1.82) is 0 Å². The van der Waals surface area contributed by atoms with E-state index >= 15 is 0 Å². The summed E-state index contributed by atoms with van der Waals surface area (Å²) >= 11 is 0. The minimum Gasteiger partial charge on any atom is -0.311 e. The molecule has 0 saturated heterocycles. The van der Waals surface area contributed by atoms with E-state index in [1.807, 2.05) is 0 Å². The Balaban J connectivity index is 1.14. The van der Waals surface area contributed by atoms with Crippen molar-refractivity contribution in [3.63, 3.8) is 0 Å². The summed E-state index contributed by atoms with van der Waals surface area (Å²) in [4.78, 5) is 8.17. The zero-order valence-corrected chi connectivity index (χ0v) is 60.3. The van der Waals surface area contributed by atoms with Crippen LogP contribution in [0.4, 0.5) is 51.2 Å². The first-order chi connectivity index (χ1) is 43.4. The molecule has 9 aromatic carbocycles. The first-order valence-electron chi connectivity index (χ1n) is 35.1. The van der Waals surface area contributed by atoms with E-state index in [9.17, 15) is 0 Å². The molecule has 6 aliphatic rings. The minimum atomic E-state index is -0.286. The van der Waals surface area contributed by atoms with Gasteiger partial charge in [-0.25, -0.2) is 0 Å². The van der Waals surface area contributed by atoms with E-state index in [1.54, 1.807) is 0 Å². The molecule has 2 heterocycles. The van der Waals surface area contributed by atoms with Crippen LogP contribution in [0.15, 0.2) is 158 Å². The molecular weight excluding hydrogens is 1120 g/mol. The Kier molecular flexibility index (Phi) is 13.1. The second kappa shape index (κ2) is 19.8. The lowest BCUT2D eigenvalue weighted by molar-refractivity contribution is 0.332. The predicted molar refractivity (Wildman–Crippen MR) is 401 cm³/mol. The van der Waals surface area contributed by atoms with Gasteiger partial charge < -0.3 is 14.7 Å². The lowest BCUT2D eigenvalue weighted by Gasteiger charge is -2.49. The van der Waals surface area contributed by atoms with Crippen LogP contribution in [0.5, 0.6) is 0 Å². The third-order valence-corrected chi connectivity index (χ3v) is 24.6. The largest absolute Gasteiger partial charge is 0.311 e. The van der Waals surface area contributed by atoms with Gasteiger partial charge in [-0.3, -0.25) is 0 Å². The van der Waals surface area contributed by atoms with Crippen molar-refractivity contribution in [3.8, 4) is 11.1 Å². The number of hydrogen-bond acceptors (Lipinski definition) is 3. The van der Waals surface area contributed by atoms with Crippen molar-refractivity contribution >= 4 is 74.3 Å². The van der Waals surface area contributed by atoms with Gasteiger partial charge in [0.25, 0.3) is 6.71 Å².